The van der Waals surface area contributed by atoms with Gasteiger partial charge in [0.05, 0.1) is 94.0 Å². The average molecular weight is 1040 g/mol. The number of hydrogen-bond acceptors (Lipinski definition) is 16. The van der Waals surface area contributed by atoms with Crippen LogP contribution in [0.25, 0.3) is 11.0 Å². The molecule has 6 amide bonds. The van der Waals surface area contributed by atoms with Crippen molar-refractivity contribution in [3.8, 4) is 0 Å². The summed E-state index contributed by atoms with van der Waals surface area (Å²) in [5.41, 5.74) is 8.83. The zero-order chi connectivity index (χ0) is 51.9. The number of H-pyrrole nitrogens is 1. The first-order valence-corrected chi connectivity index (χ1v) is 26.0. The van der Waals surface area contributed by atoms with Crippen LogP contribution in [0.3, 0.4) is 0 Å². The van der Waals surface area contributed by atoms with Crippen LogP contribution in [-0.4, -0.2) is 189 Å². The normalized spacial score (nSPS) is 18.5. The summed E-state index contributed by atoms with van der Waals surface area (Å²) in [5, 5.41) is 7.06. The summed E-state index contributed by atoms with van der Waals surface area (Å²) in [7, 11) is 0. The van der Waals surface area contributed by atoms with Crippen LogP contribution in [0, 0.1) is 0 Å². The Bertz CT molecular complexity index is 2570. The zero-order valence-corrected chi connectivity index (χ0v) is 42.5. The Morgan fingerprint density at radius 1 is 0.797 bits per heavy atom. The lowest BCUT2D eigenvalue weighted by molar-refractivity contribution is -0.136. The summed E-state index contributed by atoms with van der Waals surface area (Å²) in [5.74, 6) is -1.35. The second-order valence-corrected chi connectivity index (χ2v) is 19.3. The van der Waals surface area contributed by atoms with Gasteiger partial charge in [-0.05, 0) is 73.9 Å². The van der Waals surface area contributed by atoms with Gasteiger partial charge in [0.15, 0.2) is 0 Å². The second kappa shape index (κ2) is 26.5. The number of piperazine rings is 1. The van der Waals surface area contributed by atoms with E-state index in [1.165, 1.54) is 0 Å². The highest BCUT2D eigenvalue weighted by molar-refractivity contribution is 6.30. The molecule has 2 aromatic heterocycles. The number of piperidine rings is 2. The second-order valence-electron chi connectivity index (χ2n) is 18.9. The molecule has 1 unspecified atom stereocenters. The molecule has 2 atom stereocenters. The van der Waals surface area contributed by atoms with E-state index in [0.717, 1.165) is 46.9 Å². The molecule has 2 aromatic carbocycles. The number of nitrogens with two attached hydrogens (primary N) is 1. The maximum atomic E-state index is 13.9. The number of nitrogens with one attached hydrogen (secondary N) is 3. The third-order valence-corrected chi connectivity index (χ3v) is 14.3. The molecule has 4 aliphatic heterocycles. The number of imide groups is 2. The molecular weight excluding hydrogens is 976 g/mol. The van der Waals surface area contributed by atoms with Crippen molar-refractivity contribution >= 4 is 63.9 Å². The van der Waals surface area contributed by atoms with Crippen LogP contribution in [0.2, 0.25) is 5.02 Å². The number of hydrogen-bond donors (Lipinski definition) is 4. The van der Waals surface area contributed by atoms with Crippen molar-refractivity contribution < 1.29 is 52.5 Å². The Labute approximate surface area is 435 Å². The zero-order valence-electron chi connectivity index (χ0n) is 41.7. The summed E-state index contributed by atoms with van der Waals surface area (Å²) >= 11 is 6.23. The molecule has 0 spiro atoms. The highest BCUT2D eigenvalue weighted by Gasteiger charge is 2.45. The lowest BCUT2D eigenvalue weighted by atomic mass is 9.87. The van der Waals surface area contributed by atoms with Gasteiger partial charge in [0.2, 0.25) is 23.6 Å². The number of carbonyl (C=O) groups excluding carboxylic acids is 6. The first-order chi connectivity index (χ1) is 36.0. The standard InChI is InChI=1S/C52H67ClN10O11/c53-38-8-6-36(7-9-38)41(58-51(69)52(54)15-19-62(20-16-52)47-40-12-17-55-46(40)56-35-57-47)13-18-60-21-23-61(24-22-60)44(65)14-26-71-28-30-73-32-34-74-33-31-72-29-27-70-25-2-4-37-3-1-5-39-45(37)50(68)63(49(39)67)42-10-11-43(64)59-48(42)66/h1,3,5-9,12,17,35,41-42H,2,4,10-11,13-16,18-34,54H2,(H,58,69)(H,55,56,57)(H,59,64,66)/t41-,42?/m0/s1. The minimum Gasteiger partial charge on any atom is -0.379 e. The number of aryl methyl sites for hydroxylation is 1. The van der Waals surface area contributed by atoms with Crippen molar-refractivity contribution in [2.45, 2.75) is 69.0 Å². The predicted octanol–water partition coefficient (Wildman–Crippen LogP) is 2.81. The van der Waals surface area contributed by atoms with Gasteiger partial charge in [-0.25, -0.2) is 9.97 Å². The predicted molar refractivity (Wildman–Crippen MR) is 272 cm³/mol. The van der Waals surface area contributed by atoms with Gasteiger partial charge < -0.3 is 49.5 Å². The average Bonchev–Trinajstić information content (AvgIpc) is 3.99. The van der Waals surface area contributed by atoms with E-state index >= 15 is 0 Å². The number of aromatic nitrogens is 3. The first-order valence-electron chi connectivity index (χ1n) is 25.6. The Hall–Kier alpha value is -5.91. The van der Waals surface area contributed by atoms with Gasteiger partial charge in [-0.2, -0.15) is 0 Å². The quantitative estimate of drug-likeness (QED) is 0.0495. The molecule has 4 aromatic rings. The van der Waals surface area contributed by atoms with E-state index in [1.54, 1.807) is 24.5 Å². The molecular formula is C52H67ClN10O11. The van der Waals surface area contributed by atoms with E-state index in [4.69, 9.17) is 41.0 Å². The lowest BCUT2D eigenvalue weighted by Gasteiger charge is -2.39. The smallest absolute Gasteiger partial charge is 0.262 e. The Balaban J connectivity index is 0.618. The largest absolute Gasteiger partial charge is 0.379 e. The molecule has 4 aliphatic rings. The van der Waals surface area contributed by atoms with Gasteiger partial charge in [0.25, 0.3) is 11.8 Å². The van der Waals surface area contributed by atoms with Gasteiger partial charge in [-0.15, -0.1) is 0 Å². The molecule has 398 valence electrons. The molecule has 22 heteroatoms. The fourth-order valence-corrected chi connectivity index (χ4v) is 9.89. The minimum atomic E-state index is -1.02. The fourth-order valence-electron chi connectivity index (χ4n) is 9.76. The number of amides is 6. The molecule has 8 rings (SSSR count). The third-order valence-electron chi connectivity index (χ3n) is 14.0. The lowest BCUT2D eigenvalue weighted by Crippen LogP contribution is -2.60. The highest BCUT2D eigenvalue weighted by atomic mass is 35.5. The number of aromatic amines is 1. The van der Waals surface area contributed by atoms with Crippen LogP contribution < -0.4 is 21.3 Å². The van der Waals surface area contributed by atoms with Crippen molar-refractivity contribution in [1.82, 2.24) is 40.3 Å². The van der Waals surface area contributed by atoms with Gasteiger partial charge in [0, 0.05) is 70.1 Å². The number of ether oxygens (including phenoxy) is 5. The molecule has 21 nitrogen and oxygen atoms in total. The van der Waals surface area contributed by atoms with Crippen molar-refractivity contribution in [3.63, 3.8) is 0 Å². The number of halogens is 1. The van der Waals surface area contributed by atoms with Crippen molar-refractivity contribution in [1.29, 1.82) is 0 Å². The van der Waals surface area contributed by atoms with E-state index in [0.29, 0.717) is 147 Å². The molecule has 0 saturated carbocycles. The molecule has 3 saturated heterocycles. The van der Waals surface area contributed by atoms with E-state index in [-0.39, 0.29) is 36.3 Å². The molecule has 0 bridgehead atoms. The van der Waals surface area contributed by atoms with Crippen LogP contribution >= 0.6 is 11.6 Å². The third kappa shape index (κ3) is 14.1. The van der Waals surface area contributed by atoms with E-state index in [1.807, 2.05) is 41.4 Å². The maximum Gasteiger partial charge on any atom is 0.262 e. The van der Waals surface area contributed by atoms with E-state index in [2.05, 4.69) is 35.4 Å². The van der Waals surface area contributed by atoms with E-state index in [9.17, 15) is 28.8 Å². The topological polar surface area (TPSA) is 253 Å². The summed E-state index contributed by atoms with van der Waals surface area (Å²) in [6.45, 7) is 8.49. The molecule has 6 heterocycles. The van der Waals surface area contributed by atoms with E-state index < -0.39 is 35.2 Å². The number of carbonyl (C=O) groups is 6. The molecule has 0 aliphatic carbocycles. The highest BCUT2D eigenvalue weighted by Crippen LogP contribution is 2.32. The summed E-state index contributed by atoms with van der Waals surface area (Å²) in [6, 6.07) is 13.4. The molecule has 3 fully saturated rings. The first kappa shape index (κ1) is 54.4. The Kier molecular flexibility index (Phi) is 19.5. The molecule has 5 N–H and O–H groups in total. The summed E-state index contributed by atoms with van der Waals surface area (Å²) in [6.07, 6.45) is 6.62. The van der Waals surface area contributed by atoms with Gasteiger partial charge in [-0.3, -0.25) is 43.9 Å². The SMILES string of the molecule is NC1(C(=O)N[C@@H](CCN2CCN(C(=O)CCOCCOCCOCCOCCOCCCc3cccc4c3C(=O)N(C3CCC(=O)NC3=O)C4=O)CC2)c2ccc(Cl)cc2)CCN(c2ncnc3[nH]ccc23)CC1. The number of benzene rings is 2. The van der Waals surface area contributed by atoms with Crippen molar-refractivity contribution in [2.75, 3.05) is 117 Å². The Morgan fingerprint density at radius 2 is 1.46 bits per heavy atom. The monoisotopic (exact) mass is 1040 g/mol. The van der Waals surface area contributed by atoms with Gasteiger partial charge >= 0.3 is 0 Å². The minimum absolute atomic E-state index is 0.0580. The molecule has 74 heavy (non-hydrogen) atoms. The number of anilines is 1. The van der Waals surface area contributed by atoms with Crippen LogP contribution in [0.15, 0.2) is 61.1 Å². The Morgan fingerprint density at radius 3 is 2.14 bits per heavy atom. The number of nitrogens with zero attached hydrogens (tertiary/aromatic N) is 6. The van der Waals surface area contributed by atoms with Crippen LogP contribution in [-0.2, 0) is 49.3 Å². The van der Waals surface area contributed by atoms with Crippen molar-refractivity contribution in [3.05, 3.63) is 88.3 Å². The molecule has 0 radical (unpaired) electrons. The van der Waals surface area contributed by atoms with Crippen LogP contribution in [0.1, 0.15) is 82.8 Å². The fraction of sp³-hybridized carbons (Fsp3) is 0.538. The maximum absolute atomic E-state index is 13.9. The van der Waals surface area contributed by atoms with Crippen LogP contribution in [0.4, 0.5) is 5.82 Å². The van der Waals surface area contributed by atoms with Crippen molar-refractivity contribution in [2.24, 2.45) is 5.73 Å². The van der Waals surface area contributed by atoms with Gasteiger partial charge in [0.1, 0.15) is 23.8 Å². The number of rotatable bonds is 27. The summed E-state index contributed by atoms with van der Waals surface area (Å²) in [4.78, 5) is 96.5. The summed E-state index contributed by atoms with van der Waals surface area (Å²) < 4.78 is 28.1. The number of fused-ring (bicyclic) bond motifs is 2. The van der Waals surface area contributed by atoms with Crippen LogP contribution in [0.5, 0.6) is 0 Å². The van der Waals surface area contributed by atoms with Gasteiger partial charge in [-0.1, -0.05) is 35.9 Å².